The normalized spacial score (nSPS) is 13.5. The number of nitrogens with zero attached hydrogens (tertiary/aromatic N) is 2. The van der Waals surface area contributed by atoms with Crippen LogP contribution < -0.4 is 5.32 Å². The van der Waals surface area contributed by atoms with Crippen LogP contribution in [0.2, 0.25) is 0 Å². The molecular formula is C16H31N3. The van der Waals surface area contributed by atoms with E-state index in [1.54, 1.807) is 0 Å². The van der Waals surface area contributed by atoms with Gasteiger partial charge >= 0.3 is 0 Å². The fourth-order valence-corrected chi connectivity index (χ4v) is 2.60. The van der Waals surface area contributed by atoms with Crippen LogP contribution in [0.5, 0.6) is 0 Å². The van der Waals surface area contributed by atoms with Crippen LogP contribution in [-0.4, -0.2) is 36.1 Å². The van der Waals surface area contributed by atoms with Gasteiger partial charge in [-0.05, 0) is 51.9 Å². The molecule has 0 radical (unpaired) electrons. The second kappa shape index (κ2) is 7.11. The maximum atomic E-state index is 3.73. The topological polar surface area (TPSA) is 20.2 Å². The number of hydrogen-bond acceptors (Lipinski definition) is 2. The summed E-state index contributed by atoms with van der Waals surface area (Å²) < 4.78 is 2.26. The van der Waals surface area contributed by atoms with Crippen LogP contribution in [0.15, 0.2) is 6.07 Å². The summed E-state index contributed by atoms with van der Waals surface area (Å²) in [5.41, 5.74) is 4.13. The molecule has 3 nitrogen and oxygen atoms in total. The maximum Gasteiger partial charge on any atom is 0.0226 e. The molecule has 0 aromatic carbocycles. The van der Waals surface area contributed by atoms with Gasteiger partial charge < -0.3 is 14.8 Å². The van der Waals surface area contributed by atoms with E-state index in [1.165, 1.54) is 23.4 Å². The van der Waals surface area contributed by atoms with Crippen LogP contribution in [0.1, 0.15) is 37.2 Å². The van der Waals surface area contributed by atoms with Gasteiger partial charge in [-0.1, -0.05) is 13.8 Å². The van der Waals surface area contributed by atoms with E-state index in [-0.39, 0.29) is 0 Å². The molecule has 19 heavy (non-hydrogen) atoms. The average Bonchev–Trinajstić information content (AvgIpc) is 2.52. The second-order valence-electron chi connectivity index (χ2n) is 6.43. The fraction of sp³-hybridized carbons (Fsp3) is 0.750. The van der Waals surface area contributed by atoms with Crippen molar-refractivity contribution in [2.24, 2.45) is 13.0 Å². The number of hydrogen-bond donors (Lipinski definition) is 1. The summed E-state index contributed by atoms with van der Waals surface area (Å²) in [6.07, 6.45) is 1.23. The molecule has 0 aliphatic heterocycles. The summed E-state index contributed by atoms with van der Waals surface area (Å²) in [4.78, 5) is 2.27. The number of aryl methyl sites for hydroxylation is 1. The van der Waals surface area contributed by atoms with Crippen molar-refractivity contribution in [2.45, 2.75) is 46.7 Å². The Bertz CT molecular complexity index is 381. The second-order valence-corrected chi connectivity index (χ2v) is 6.43. The molecule has 1 heterocycles. The highest BCUT2D eigenvalue weighted by molar-refractivity contribution is 5.26. The monoisotopic (exact) mass is 265 g/mol. The number of rotatable bonds is 7. The van der Waals surface area contributed by atoms with Crippen molar-refractivity contribution in [1.29, 1.82) is 0 Å². The summed E-state index contributed by atoms with van der Waals surface area (Å²) in [6, 6.07) is 2.86. The zero-order chi connectivity index (χ0) is 14.6. The van der Waals surface area contributed by atoms with Crippen LogP contribution in [-0.2, 0) is 13.6 Å². The Balaban J connectivity index is 2.62. The van der Waals surface area contributed by atoms with E-state index in [9.17, 15) is 0 Å². The third-order valence-electron chi connectivity index (χ3n) is 3.80. The Morgan fingerprint density at radius 1 is 1.26 bits per heavy atom. The standard InChI is InChI=1S/C16H31N3/c1-12(2)8-16(11-18(5)6)17-10-15-9-13(3)19(7)14(15)4/h9,12,16-17H,8,10-11H2,1-7H3. The van der Waals surface area contributed by atoms with Gasteiger partial charge in [-0.2, -0.15) is 0 Å². The highest BCUT2D eigenvalue weighted by atomic mass is 15.1. The minimum atomic E-state index is 0.565. The first kappa shape index (κ1) is 16.3. The number of nitrogens with one attached hydrogen (secondary N) is 1. The van der Waals surface area contributed by atoms with Gasteiger partial charge in [-0.3, -0.25) is 0 Å². The van der Waals surface area contributed by atoms with E-state index in [2.05, 4.69) is 69.7 Å². The van der Waals surface area contributed by atoms with E-state index < -0.39 is 0 Å². The van der Waals surface area contributed by atoms with Crippen LogP contribution in [0.4, 0.5) is 0 Å². The lowest BCUT2D eigenvalue weighted by Gasteiger charge is -2.24. The first-order chi connectivity index (χ1) is 8.81. The summed E-state index contributed by atoms with van der Waals surface area (Å²) >= 11 is 0. The molecule has 0 spiro atoms. The molecule has 1 aromatic rings. The predicted octanol–water partition coefficient (Wildman–Crippen LogP) is 2.71. The molecule has 0 saturated heterocycles. The summed E-state index contributed by atoms with van der Waals surface area (Å²) in [7, 11) is 6.43. The van der Waals surface area contributed by atoms with Crippen LogP contribution >= 0.6 is 0 Å². The van der Waals surface area contributed by atoms with Crippen molar-refractivity contribution in [3.63, 3.8) is 0 Å². The zero-order valence-electron chi connectivity index (χ0n) is 13.7. The molecule has 0 fully saturated rings. The van der Waals surface area contributed by atoms with Crippen molar-refractivity contribution in [3.8, 4) is 0 Å². The minimum absolute atomic E-state index is 0.565. The molecular weight excluding hydrogens is 234 g/mol. The zero-order valence-corrected chi connectivity index (χ0v) is 13.7. The van der Waals surface area contributed by atoms with Crippen molar-refractivity contribution >= 4 is 0 Å². The lowest BCUT2D eigenvalue weighted by atomic mass is 10.0. The molecule has 1 N–H and O–H groups in total. The van der Waals surface area contributed by atoms with Gasteiger partial charge in [0.2, 0.25) is 0 Å². The van der Waals surface area contributed by atoms with Gasteiger partial charge in [-0.25, -0.2) is 0 Å². The highest BCUT2D eigenvalue weighted by Gasteiger charge is 2.13. The molecule has 0 saturated carbocycles. The summed E-state index contributed by atoms with van der Waals surface area (Å²) in [5, 5.41) is 3.73. The quantitative estimate of drug-likeness (QED) is 0.818. The van der Waals surface area contributed by atoms with E-state index >= 15 is 0 Å². The lowest BCUT2D eigenvalue weighted by molar-refractivity contribution is 0.305. The van der Waals surface area contributed by atoms with Gasteiger partial charge in [-0.15, -0.1) is 0 Å². The van der Waals surface area contributed by atoms with Gasteiger partial charge in [0, 0.05) is 37.6 Å². The predicted molar refractivity (Wildman–Crippen MR) is 83.5 cm³/mol. The molecule has 3 heteroatoms. The maximum absolute atomic E-state index is 3.73. The third kappa shape index (κ3) is 5.00. The molecule has 0 aliphatic rings. The number of aromatic nitrogens is 1. The third-order valence-corrected chi connectivity index (χ3v) is 3.80. The molecule has 0 bridgehead atoms. The molecule has 1 atom stereocenters. The highest BCUT2D eigenvalue weighted by Crippen LogP contribution is 2.14. The van der Waals surface area contributed by atoms with Crippen LogP contribution in [0.25, 0.3) is 0 Å². The van der Waals surface area contributed by atoms with Gasteiger partial charge in [0.25, 0.3) is 0 Å². The minimum Gasteiger partial charge on any atom is -0.352 e. The molecule has 0 amide bonds. The first-order valence-corrected chi connectivity index (χ1v) is 7.31. The Labute approximate surface area is 119 Å². The molecule has 1 aromatic heterocycles. The Hall–Kier alpha value is -0.800. The van der Waals surface area contributed by atoms with E-state index in [4.69, 9.17) is 0 Å². The summed E-state index contributed by atoms with van der Waals surface area (Å²) in [6.45, 7) is 11.0. The van der Waals surface area contributed by atoms with Crippen LogP contribution in [0, 0.1) is 19.8 Å². The molecule has 0 aliphatic carbocycles. The Morgan fingerprint density at radius 2 is 1.89 bits per heavy atom. The van der Waals surface area contributed by atoms with Crippen molar-refractivity contribution in [3.05, 3.63) is 23.0 Å². The van der Waals surface area contributed by atoms with E-state index in [0.717, 1.165) is 19.0 Å². The molecule has 1 unspecified atom stereocenters. The fourth-order valence-electron chi connectivity index (χ4n) is 2.60. The number of likely N-dealkylation sites (N-methyl/N-ethyl adjacent to an activating group) is 1. The largest absolute Gasteiger partial charge is 0.352 e. The average molecular weight is 265 g/mol. The first-order valence-electron chi connectivity index (χ1n) is 7.31. The van der Waals surface area contributed by atoms with Crippen LogP contribution in [0.3, 0.4) is 0 Å². The lowest BCUT2D eigenvalue weighted by Crippen LogP contribution is -2.38. The Kier molecular flexibility index (Phi) is 6.08. The molecule has 1 rings (SSSR count). The van der Waals surface area contributed by atoms with Crippen molar-refractivity contribution < 1.29 is 0 Å². The van der Waals surface area contributed by atoms with Gasteiger partial charge in [0.1, 0.15) is 0 Å². The van der Waals surface area contributed by atoms with E-state index in [0.29, 0.717) is 6.04 Å². The molecule has 110 valence electrons. The smallest absolute Gasteiger partial charge is 0.0226 e. The van der Waals surface area contributed by atoms with E-state index in [1.807, 2.05) is 0 Å². The Morgan fingerprint density at radius 3 is 2.32 bits per heavy atom. The summed E-state index contributed by atoms with van der Waals surface area (Å²) in [5.74, 6) is 0.732. The van der Waals surface area contributed by atoms with Gasteiger partial charge in [0.15, 0.2) is 0 Å². The van der Waals surface area contributed by atoms with Crippen molar-refractivity contribution in [2.75, 3.05) is 20.6 Å². The van der Waals surface area contributed by atoms with Gasteiger partial charge in [0.05, 0.1) is 0 Å². The van der Waals surface area contributed by atoms with Crippen molar-refractivity contribution in [1.82, 2.24) is 14.8 Å². The SMILES string of the molecule is Cc1cc(CNC(CC(C)C)CN(C)C)c(C)n1C.